The minimum Gasteiger partial charge on any atom is -0.486 e. The summed E-state index contributed by atoms with van der Waals surface area (Å²) in [6.45, 7) is 0.186. The van der Waals surface area contributed by atoms with Gasteiger partial charge in [0.2, 0.25) is 5.82 Å². The molecule has 0 fully saturated rings. The number of nitrogens with one attached hydrogen (secondary N) is 1. The number of hydrogen-bond acceptors (Lipinski definition) is 6. The Morgan fingerprint density at radius 2 is 1.90 bits per heavy atom. The zero-order valence-corrected chi connectivity index (χ0v) is 16.3. The van der Waals surface area contributed by atoms with Gasteiger partial charge >= 0.3 is 0 Å². The Morgan fingerprint density at radius 1 is 1.03 bits per heavy atom. The van der Waals surface area contributed by atoms with Crippen molar-refractivity contribution in [3.05, 3.63) is 70.6 Å². The van der Waals surface area contributed by atoms with Crippen molar-refractivity contribution in [1.29, 1.82) is 0 Å². The van der Waals surface area contributed by atoms with Gasteiger partial charge in [0.15, 0.2) is 11.6 Å². The van der Waals surface area contributed by atoms with E-state index >= 15 is 0 Å². The Hall–Kier alpha value is -3.46. The van der Waals surface area contributed by atoms with Crippen LogP contribution in [0.3, 0.4) is 0 Å². The number of rotatable bonds is 5. The summed E-state index contributed by atoms with van der Waals surface area (Å²) in [4.78, 5) is 12.0. The number of furan rings is 1. The lowest BCUT2D eigenvalue weighted by Crippen LogP contribution is -1.93. The molecule has 7 nitrogen and oxygen atoms in total. The third-order valence-corrected chi connectivity index (χ3v) is 4.64. The summed E-state index contributed by atoms with van der Waals surface area (Å²) in [7, 11) is 0. The highest BCUT2D eigenvalue weighted by molar-refractivity contribution is 9.10. The topological polar surface area (TPSA) is 90.0 Å². The minimum atomic E-state index is -0.318. The second-order valence-corrected chi connectivity index (χ2v) is 7.09. The standard InChI is InChI=1S/C20H12BrFN4O3/c21-11-1-7-15-16(9-11)24-18(23-15)19-25-20(29-26-19)17-8-6-14(28-17)10-27-13-4-2-12(22)3-5-13/h1-9H,10H2,(H,23,24). The van der Waals surface area contributed by atoms with Crippen molar-refractivity contribution < 1.29 is 18.1 Å². The maximum absolute atomic E-state index is 12.9. The van der Waals surface area contributed by atoms with Crippen LogP contribution < -0.4 is 4.74 Å². The molecule has 0 saturated carbocycles. The molecular formula is C20H12BrFN4O3. The first kappa shape index (κ1) is 17.6. The number of halogens is 2. The van der Waals surface area contributed by atoms with E-state index in [2.05, 4.69) is 36.0 Å². The molecule has 0 saturated heterocycles. The Bertz CT molecular complexity index is 1290. The molecule has 29 heavy (non-hydrogen) atoms. The Morgan fingerprint density at radius 3 is 2.76 bits per heavy atom. The summed E-state index contributed by atoms with van der Waals surface area (Å²) in [6.07, 6.45) is 0. The van der Waals surface area contributed by atoms with Gasteiger partial charge < -0.3 is 18.7 Å². The maximum Gasteiger partial charge on any atom is 0.294 e. The van der Waals surface area contributed by atoms with Crippen molar-refractivity contribution in [2.45, 2.75) is 6.61 Å². The van der Waals surface area contributed by atoms with Crippen molar-refractivity contribution in [2.24, 2.45) is 0 Å². The van der Waals surface area contributed by atoms with Crippen molar-refractivity contribution in [3.8, 4) is 29.0 Å². The number of ether oxygens (including phenoxy) is 1. The number of nitrogens with zero attached hydrogens (tertiary/aromatic N) is 3. The number of imidazole rings is 1. The molecule has 0 spiro atoms. The summed E-state index contributed by atoms with van der Waals surface area (Å²) >= 11 is 3.43. The molecule has 3 heterocycles. The van der Waals surface area contributed by atoms with Crippen LogP contribution >= 0.6 is 15.9 Å². The highest BCUT2D eigenvalue weighted by atomic mass is 79.9. The number of aromatic nitrogens is 4. The predicted molar refractivity (Wildman–Crippen MR) is 106 cm³/mol. The van der Waals surface area contributed by atoms with E-state index in [0.29, 0.717) is 28.9 Å². The summed E-state index contributed by atoms with van der Waals surface area (Å²) < 4.78 is 30.5. The average molecular weight is 455 g/mol. The first-order valence-electron chi connectivity index (χ1n) is 8.61. The fourth-order valence-electron chi connectivity index (χ4n) is 2.76. The first-order chi connectivity index (χ1) is 14.1. The lowest BCUT2D eigenvalue weighted by molar-refractivity contribution is 0.270. The fourth-order valence-corrected chi connectivity index (χ4v) is 3.12. The molecular weight excluding hydrogens is 443 g/mol. The number of H-pyrrole nitrogens is 1. The summed E-state index contributed by atoms with van der Waals surface area (Å²) in [5.74, 6) is 2.27. The molecule has 3 aromatic heterocycles. The van der Waals surface area contributed by atoms with Crippen molar-refractivity contribution >= 4 is 27.0 Å². The molecule has 0 atom stereocenters. The van der Waals surface area contributed by atoms with Gasteiger partial charge in [-0.2, -0.15) is 4.98 Å². The maximum atomic E-state index is 12.9. The van der Waals surface area contributed by atoms with Gasteiger partial charge in [-0.3, -0.25) is 0 Å². The number of benzene rings is 2. The van der Waals surface area contributed by atoms with Crippen LogP contribution in [0.15, 0.2) is 68.0 Å². The number of fused-ring (bicyclic) bond motifs is 1. The number of aromatic amines is 1. The van der Waals surface area contributed by atoms with Crippen LogP contribution in [0.25, 0.3) is 34.3 Å². The SMILES string of the molecule is Fc1ccc(OCc2ccc(-c3nc(-c4nc5ccc(Br)cc5[nH]4)no3)o2)cc1. The van der Waals surface area contributed by atoms with Gasteiger partial charge in [0.1, 0.15) is 23.9 Å². The third kappa shape index (κ3) is 3.64. The van der Waals surface area contributed by atoms with Gasteiger partial charge in [-0.15, -0.1) is 0 Å². The largest absolute Gasteiger partial charge is 0.486 e. The van der Waals surface area contributed by atoms with Crippen LogP contribution in [-0.2, 0) is 6.61 Å². The van der Waals surface area contributed by atoms with Crippen LogP contribution in [0.1, 0.15) is 5.76 Å². The minimum absolute atomic E-state index is 0.186. The van der Waals surface area contributed by atoms with E-state index in [9.17, 15) is 4.39 Å². The molecule has 1 N–H and O–H groups in total. The summed E-state index contributed by atoms with van der Waals surface area (Å²) in [6, 6.07) is 15.0. The monoisotopic (exact) mass is 454 g/mol. The zero-order chi connectivity index (χ0) is 19.8. The van der Waals surface area contributed by atoms with E-state index in [1.807, 2.05) is 18.2 Å². The second-order valence-electron chi connectivity index (χ2n) is 6.18. The molecule has 5 aromatic rings. The molecule has 0 bridgehead atoms. The van der Waals surface area contributed by atoms with E-state index < -0.39 is 0 Å². The van der Waals surface area contributed by atoms with Gasteiger partial charge in [0.05, 0.1) is 11.0 Å². The smallest absolute Gasteiger partial charge is 0.294 e. The van der Waals surface area contributed by atoms with E-state index in [1.165, 1.54) is 12.1 Å². The normalized spacial score (nSPS) is 11.2. The van der Waals surface area contributed by atoms with E-state index in [1.54, 1.807) is 24.3 Å². The van der Waals surface area contributed by atoms with Crippen LogP contribution in [-0.4, -0.2) is 20.1 Å². The van der Waals surface area contributed by atoms with Crippen molar-refractivity contribution in [2.75, 3.05) is 0 Å². The van der Waals surface area contributed by atoms with Crippen molar-refractivity contribution in [3.63, 3.8) is 0 Å². The lowest BCUT2D eigenvalue weighted by atomic mass is 10.3. The van der Waals surface area contributed by atoms with Gasteiger partial charge in [-0.25, -0.2) is 9.37 Å². The Labute approximate surface area is 171 Å². The molecule has 0 aliphatic heterocycles. The molecule has 0 radical (unpaired) electrons. The summed E-state index contributed by atoms with van der Waals surface area (Å²) in [5.41, 5.74) is 1.66. The van der Waals surface area contributed by atoms with Crippen LogP contribution in [0.2, 0.25) is 0 Å². The summed E-state index contributed by atoms with van der Waals surface area (Å²) in [5, 5.41) is 3.97. The molecule has 144 valence electrons. The van der Waals surface area contributed by atoms with Crippen molar-refractivity contribution in [1.82, 2.24) is 20.1 Å². The molecule has 0 aliphatic carbocycles. The lowest BCUT2D eigenvalue weighted by Gasteiger charge is -2.03. The fraction of sp³-hybridized carbons (Fsp3) is 0.0500. The highest BCUT2D eigenvalue weighted by Gasteiger charge is 2.17. The molecule has 0 aliphatic rings. The van der Waals surface area contributed by atoms with E-state index in [-0.39, 0.29) is 18.3 Å². The van der Waals surface area contributed by atoms with Crippen LogP contribution in [0.4, 0.5) is 4.39 Å². The predicted octanol–water partition coefficient (Wildman–Crippen LogP) is 5.35. The van der Waals surface area contributed by atoms with Crippen LogP contribution in [0, 0.1) is 5.82 Å². The van der Waals surface area contributed by atoms with E-state index in [0.717, 1.165) is 15.5 Å². The molecule has 9 heteroatoms. The average Bonchev–Trinajstić information content (AvgIpc) is 3.45. The molecule has 2 aromatic carbocycles. The Balaban J connectivity index is 1.33. The van der Waals surface area contributed by atoms with E-state index in [4.69, 9.17) is 13.7 Å². The highest BCUT2D eigenvalue weighted by Crippen LogP contribution is 2.26. The number of hydrogen-bond donors (Lipinski definition) is 1. The molecule has 0 amide bonds. The molecule has 0 unspecified atom stereocenters. The van der Waals surface area contributed by atoms with Gasteiger partial charge in [0.25, 0.3) is 5.89 Å². The van der Waals surface area contributed by atoms with Gasteiger partial charge in [0, 0.05) is 4.47 Å². The zero-order valence-electron chi connectivity index (χ0n) is 14.7. The Kier molecular flexibility index (Phi) is 4.36. The van der Waals surface area contributed by atoms with Crippen LogP contribution in [0.5, 0.6) is 5.75 Å². The third-order valence-electron chi connectivity index (χ3n) is 4.15. The quantitative estimate of drug-likeness (QED) is 0.384. The molecule has 5 rings (SSSR count). The second kappa shape index (κ2) is 7.17. The van der Waals surface area contributed by atoms with Gasteiger partial charge in [-0.1, -0.05) is 21.1 Å². The first-order valence-corrected chi connectivity index (χ1v) is 9.40. The van der Waals surface area contributed by atoms with Gasteiger partial charge in [-0.05, 0) is 54.6 Å².